The average Bonchev–Trinajstić information content (AvgIpc) is 2.84. The number of carbonyl (C=O) groups is 2. The van der Waals surface area contributed by atoms with Gasteiger partial charge in [-0.15, -0.1) is 0 Å². The maximum absolute atomic E-state index is 12.2. The summed E-state index contributed by atoms with van der Waals surface area (Å²) in [5.74, 6) is -1.67. The van der Waals surface area contributed by atoms with Gasteiger partial charge in [-0.25, -0.2) is 0 Å². The first-order chi connectivity index (χ1) is 11.0. The molecule has 0 bridgehead atoms. The molecule has 0 aromatic heterocycles. The molecule has 2 aromatic rings. The van der Waals surface area contributed by atoms with Crippen molar-refractivity contribution in [1.29, 1.82) is 0 Å². The van der Waals surface area contributed by atoms with Gasteiger partial charge in [0, 0.05) is 15.1 Å². The lowest BCUT2D eigenvalue weighted by atomic mass is 9.96. The number of aliphatic hydroxyl groups is 1. The molecule has 1 amide bonds. The molecular weight excluding hydrogens is 382 g/mol. The number of aliphatic hydroxyl groups excluding tert-OH is 1. The van der Waals surface area contributed by atoms with Crippen LogP contribution in [0.2, 0.25) is 5.02 Å². The van der Waals surface area contributed by atoms with Gasteiger partial charge in [-0.05, 0) is 29.8 Å². The fraction of sp³-hybridized carbons (Fsp3) is 0.0588. The van der Waals surface area contributed by atoms with Crippen LogP contribution in [0, 0.1) is 0 Å². The topological polar surface area (TPSA) is 66.4 Å². The number of nitrogens with one attached hydrogen (secondary N) is 1. The molecule has 2 aromatic carbocycles. The zero-order valence-electron chi connectivity index (χ0n) is 11.7. The van der Waals surface area contributed by atoms with Gasteiger partial charge in [-0.3, -0.25) is 9.59 Å². The molecule has 0 spiro atoms. The van der Waals surface area contributed by atoms with Crippen LogP contribution in [0.3, 0.4) is 0 Å². The summed E-state index contributed by atoms with van der Waals surface area (Å²) >= 11 is 9.18. The minimum absolute atomic E-state index is 0.0413. The number of halogens is 2. The predicted molar refractivity (Wildman–Crippen MR) is 91.0 cm³/mol. The van der Waals surface area contributed by atoms with Crippen molar-refractivity contribution >= 4 is 45.0 Å². The summed E-state index contributed by atoms with van der Waals surface area (Å²) in [5, 5.41) is 13.7. The molecule has 3 rings (SSSR count). The molecule has 1 saturated heterocycles. The Hall–Kier alpha value is -2.11. The van der Waals surface area contributed by atoms with Gasteiger partial charge < -0.3 is 10.4 Å². The summed E-state index contributed by atoms with van der Waals surface area (Å²) < 4.78 is 0.847. The first-order valence-corrected chi connectivity index (χ1v) is 7.94. The lowest BCUT2D eigenvalue weighted by molar-refractivity contribution is -0.133. The fourth-order valence-corrected chi connectivity index (χ4v) is 2.83. The van der Waals surface area contributed by atoms with Crippen LogP contribution in [0.4, 0.5) is 0 Å². The highest BCUT2D eigenvalue weighted by Crippen LogP contribution is 2.33. The number of hydrogen-bond donors (Lipinski definition) is 2. The zero-order chi connectivity index (χ0) is 16.6. The Bertz CT molecular complexity index is 813. The average molecular weight is 393 g/mol. The van der Waals surface area contributed by atoms with Gasteiger partial charge >= 0.3 is 0 Å². The van der Waals surface area contributed by atoms with E-state index in [1.165, 1.54) is 0 Å². The molecule has 116 valence electrons. The molecule has 4 nitrogen and oxygen atoms in total. The Morgan fingerprint density at radius 3 is 2.26 bits per heavy atom. The van der Waals surface area contributed by atoms with Gasteiger partial charge in [-0.1, -0.05) is 51.8 Å². The van der Waals surface area contributed by atoms with E-state index in [4.69, 9.17) is 11.6 Å². The van der Waals surface area contributed by atoms with Crippen LogP contribution in [0.15, 0.2) is 58.6 Å². The van der Waals surface area contributed by atoms with Gasteiger partial charge in [0.1, 0.15) is 5.76 Å². The number of Topliss-reactive ketones (excluding diaryl/α,β-unsaturated/α-hetero) is 1. The van der Waals surface area contributed by atoms with Crippen molar-refractivity contribution in [3.63, 3.8) is 0 Å². The molecule has 0 radical (unpaired) electrons. The monoisotopic (exact) mass is 391 g/mol. The summed E-state index contributed by atoms with van der Waals surface area (Å²) in [5.41, 5.74) is 1.18. The van der Waals surface area contributed by atoms with Gasteiger partial charge in [0.2, 0.25) is 0 Å². The van der Waals surface area contributed by atoms with Gasteiger partial charge in [-0.2, -0.15) is 0 Å². The molecule has 1 unspecified atom stereocenters. The Morgan fingerprint density at radius 2 is 1.65 bits per heavy atom. The first-order valence-electron chi connectivity index (χ1n) is 6.77. The number of amides is 1. The Labute approximate surface area is 145 Å². The van der Waals surface area contributed by atoms with Crippen LogP contribution in [0.5, 0.6) is 0 Å². The maximum Gasteiger partial charge on any atom is 0.293 e. The normalized spacial score (nSPS) is 19.7. The van der Waals surface area contributed by atoms with E-state index in [9.17, 15) is 14.7 Å². The van der Waals surface area contributed by atoms with E-state index in [0.717, 1.165) is 4.47 Å². The second kappa shape index (κ2) is 6.18. The van der Waals surface area contributed by atoms with Gasteiger partial charge in [0.05, 0.1) is 11.6 Å². The number of rotatable bonds is 2. The Kier molecular flexibility index (Phi) is 4.24. The van der Waals surface area contributed by atoms with E-state index < -0.39 is 17.7 Å². The second-order valence-electron chi connectivity index (χ2n) is 5.06. The Balaban J connectivity index is 2.10. The second-order valence-corrected chi connectivity index (χ2v) is 6.41. The highest BCUT2D eigenvalue weighted by molar-refractivity contribution is 9.10. The van der Waals surface area contributed by atoms with Crippen LogP contribution < -0.4 is 5.32 Å². The van der Waals surface area contributed by atoms with Crippen LogP contribution in [0.25, 0.3) is 5.76 Å². The van der Waals surface area contributed by atoms with Gasteiger partial charge in [0.15, 0.2) is 0 Å². The summed E-state index contributed by atoms with van der Waals surface area (Å²) in [6, 6.07) is 12.9. The van der Waals surface area contributed by atoms with E-state index >= 15 is 0 Å². The molecule has 2 N–H and O–H groups in total. The van der Waals surface area contributed by atoms with Crippen molar-refractivity contribution in [3.05, 3.63) is 74.7 Å². The van der Waals surface area contributed by atoms with Crippen molar-refractivity contribution in [3.8, 4) is 0 Å². The van der Waals surface area contributed by atoms with Crippen LogP contribution in [-0.4, -0.2) is 16.8 Å². The molecule has 1 fully saturated rings. The zero-order valence-corrected chi connectivity index (χ0v) is 14.1. The van der Waals surface area contributed by atoms with Crippen molar-refractivity contribution in [2.45, 2.75) is 6.04 Å². The van der Waals surface area contributed by atoms with E-state index in [1.807, 2.05) is 0 Å². The third kappa shape index (κ3) is 3.02. The summed E-state index contributed by atoms with van der Waals surface area (Å²) in [6.45, 7) is 0. The SMILES string of the molecule is O=C1NC(c2ccc(Cl)cc2)C(=C(O)c2ccc(Br)cc2)C1=O. The third-order valence-corrected chi connectivity index (χ3v) is 4.37. The molecular formula is C17H11BrClNO3. The standard InChI is InChI=1S/C17H11BrClNO3/c18-11-5-1-10(2-6-11)15(21)13-14(20-17(23)16(13)22)9-3-7-12(19)8-4-9/h1-8,14,21H,(H,20,23). The number of benzene rings is 2. The van der Waals surface area contributed by atoms with Crippen molar-refractivity contribution in [2.75, 3.05) is 0 Å². The predicted octanol–water partition coefficient (Wildman–Crippen LogP) is 3.81. The smallest absolute Gasteiger partial charge is 0.293 e. The molecule has 1 aliphatic rings. The number of ketones is 1. The summed E-state index contributed by atoms with van der Waals surface area (Å²) in [4.78, 5) is 24.0. The molecule has 1 atom stereocenters. The maximum atomic E-state index is 12.2. The lowest BCUT2D eigenvalue weighted by Gasteiger charge is -2.13. The number of carbonyl (C=O) groups excluding carboxylic acids is 2. The molecule has 23 heavy (non-hydrogen) atoms. The quantitative estimate of drug-likeness (QED) is 0.464. The minimum atomic E-state index is -0.733. The van der Waals surface area contributed by atoms with E-state index in [-0.39, 0.29) is 11.3 Å². The highest BCUT2D eigenvalue weighted by Gasteiger charge is 2.39. The molecule has 1 aliphatic heterocycles. The molecule has 6 heteroatoms. The van der Waals surface area contributed by atoms with Gasteiger partial charge in [0.25, 0.3) is 11.7 Å². The van der Waals surface area contributed by atoms with Crippen LogP contribution in [-0.2, 0) is 9.59 Å². The van der Waals surface area contributed by atoms with Crippen LogP contribution in [0.1, 0.15) is 17.2 Å². The third-order valence-electron chi connectivity index (χ3n) is 3.59. The lowest BCUT2D eigenvalue weighted by Crippen LogP contribution is -2.21. The van der Waals surface area contributed by atoms with Crippen molar-refractivity contribution in [1.82, 2.24) is 5.32 Å². The highest BCUT2D eigenvalue weighted by atomic mass is 79.9. The Morgan fingerprint density at radius 1 is 1.04 bits per heavy atom. The van der Waals surface area contributed by atoms with Crippen LogP contribution >= 0.6 is 27.5 Å². The van der Waals surface area contributed by atoms with Crippen molar-refractivity contribution < 1.29 is 14.7 Å². The largest absolute Gasteiger partial charge is 0.507 e. The van der Waals surface area contributed by atoms with E-state index in [1.54, 1.807) is 48.5 Å². The minimum Gasteiger partial charge on any atom is -0.507 e. The van der Waals surface area contributed by atoms with Crippen molar-refractivity contribution in [2.24, 2.45) is 0 Å². The number of hydrogen-bond acceptors (Lipinski definition) is 3. The summed E-state index contributed by atoms with van der Waals surface area (Å²) in [7, 11) is 0. The first kappa shape index (κ1) is 15.8. The molecule has 1 heterocycles. The van der Waals surface area contributed by atoms with E-state index in [0.29, 0.717) is 16.1 Å². The summed E-state index contributed by atoms with van der Waals surface area (Å²) in [6.07, 6.45) is 0. The molecule has 0 aliphatic carbocycles. The molecule has 0 saturated carbocycles. The van der Waals surface area contributed by atoms with E-state index in [2.05, 4.69) is 21.2 Å². The fourth-order valence-electron chi connectivity index (χ4n) is 2.43.